The molecular formula is C23H20N4O3. The van der Waals surface area contributed by atoms with Gasteiger partial charge in [-0.05, 0) is 30.3 Å². The molecule has 0 spiro atoms. The maximum absolute atomic E-state index is 11.1. The van der Waals surface area contributed by atoms with Crippen molar-refractivity contribution in [2.45, 2.75) is 12.8 Å². The van der Waals surface area contributed by atoms with E-state index in [9.17, 15) is 10.1 Å². The normalized spacial score (nSPS) is 9.93. The van der Waals surface area contributed by atoms with Crippen molar-refractivity contribution in [3.8, 4) is 23.7 Å². The molecule has 0 saturated carbocycles. The summed E-state index contributed by atoms with van der Waals surface area (Å²) in [5, 5.41) is 18.8. The van der Waals surface area contributed by atoms with E-state index in [0.29, 0.717) is 23.4 Å². The van der Waals surface area contributed by atoms with Crippen molar-refractivity contribution < 1.29 is 14.7 Å². The Kier molecular flexibility index (Phi) is 6.49. The quantitative estimate of drug-likeness (QED) is 0.386. The number of anilines is 2. The minimum absolute atomic E-state index is 0.103. The monoisotopic (exact) mass is 400 g/mol. The van der Waals surface area contributed by atoms with Crippen LogP contribution in [-0.2, 0) is 4.79 Å². The maximum atomic E-state index is 11.1. The fourth-order valence-electron chi connectivity index (χ4n) is 3.02. The van der Waals surface area contributed by atoms with Crippen LogP contribution in [0.25, 0.3) is 10.9 Å². The molecule has 0 aliphatic rings. The Balaban J connectivity index is 1.99. The van der Waals surface area contributed by atoms with Crippen LogP contribution in [0.15, 0.2) is 48.5 Å². The highest BCUT2D eigenvalue weighted by Crippen LogP contribution is 2.33. The van der Waals surface area contributed by atoms with Gasteiger partial charge in [-0.2, -0.15) is 5.26 Å². The van der Waals surface area contributed by atoms with Gasteiger partial charge in [0.15, 0.2) is 0 Å². The van der Waals surface area contributed by atoms with Crippen LogP contribution in [0.1, 0.15) is 24.1 Å². The van der Waals surface area contributed by atoms with Gasteiger partial charge in [-0.15, -0.1) is 0 Å². The lowest BCUT2D eigenvalue weighted by molar-refractivity contribution is -0.129. The second kappa shape index (κ2) is 9.42. The highest BCUT2D eigenvalue weighted by Gasteiger charge is 2.13. The van der Waals surface area contributed by atoms with E-state index in [2.05, 4.69) is 22.9 Å². The summed E-state index contributed by atoms with van der Waals surface area (Å²) in [7, 11) is 3.48. The zero-order valence-corrected chi connectivity index (χ0v) is 16.6. The summed E-state index contributed by atoms with van der Waals surface area (Å²) in [5.74, 6) is 6.07. The first-order chi connectivity index (χ1) is 14.6. The van der Waals surface area contributed by atoms with Gasteiger partial charge in [-0.1, -0.05) is 30.0 Å². The van der Waals surface area contributed by atoms with Gasteiger partial charge in [0.1, 0.15) is 17.5 Å². The van der Waals surface area contributed by atoms with E-state index in [1.165, 1.54) is 0 Å². The summed E-state index contributed by atoms with van der Waals surface area (Å²) in [5.41, 5.74) is 5.04. The van der Waals surface area contributed by atoms with E-state index < -0.39 is 5.91 Å². The molecule has 30 heavy (non-hydrogen) atoms. The number of para-hydroxylation sites is 1. The molecule has 1 aromatic heterocycles. The number of amides is 1. The number of pyridine rings is 1. The van der Waals surface area contributed by atoms with Crippen LogP contribution in [0.5, 0.6) is 5.75 Å². The van der Waals surface area contributed by atoms with Gasteiger partial charge in [0.2, 0.25) is 5.91 Å². The number of benzene rings is 2. The van der Waals surface area contributed by atoms with Crippen LogP contribution < -0.4 is 15.1 Å². The topological polar surface area (TPSA) is 98.5 Å². The average Bonchev–Trinajstić information content (AvgIpc) is 2.80. The molecule has 3 rings (SSSR count). The number of fused-ring (bicyclic) bond motifs is 1. The van der Waals surface area contributed by atoms with Crippen molar-refractivity contribution in [3.63, 3.8) is 0 Å². The lowest BCUT2D eigenvalue weighted by Crippen LogP contribution is -2.17. The molecule has 150 valence electrons. The molecular weight excluding hydrogens is 380 g/mol. The average molecular weight is 400 g/mol. The number of carbonyl (C=O) groups excluding carboxylic acids is 1. The largest absolute Gasteiger partial charge is 0.495 e. The molecule has 0 bridgehead atoms. The molecule has 0 radical (unpaired) electrons. The molecule has 7 nitrogen and oxygen atoms in total. The Morgan fingerprint density at radius 1 is 1.27 bits per heavy atom. The second-order valence-corrected chi connectivity index (χ2v) is 6.44. The molecule has 1 amide bonds. The SMILES string of the molecule is COc1ccc(N(C)c2cc(C#N)nc3ccccc23)cc1C#CCCC(=O)NO. The minimum Gasteiger partial charge on any atom is -0.495 e. The third kappa shape index (κ3) is 4.49. The molecule has 0 unspecified atom stereocenters. The second-order valence-electron chi connectivity index (χ2n) is 6.44. The van der Waals surface area contributed by atoms with Crippen molar-refractivity contribution in [3.05, 3.63) is 59.8 Å². The molecule has 0 fully saturated rings. The third-order valence-electron chi connectivity index (χ3n) is 4.57. The summed E-state index contributed by atoms with van der Waals surface area (Å²) in [6, 6.07) is 17.1. The number of nitrogens with one attached hydrogen (secondary N) is 1. The Labute approximate surface area is 174 Å². The van der Waals surface area contributed by atoms with Crippen LogP contribution in [0.2, 0.25) is 0 Å². The van der Waals surface area contributed by atoms with Crippen molar-refractivity contribution in [2.24, 2.45) is 0 Å². The predicted molar refractivity (Wildman–Crippen MR) is 114 cm³/mol. The van der Waals surface area contributed by atoms with Gasteiger partial charge in [0.25, 0.3) is 0 Å². The molecule has 7 heteroatoms. The van der Waals surface area contributed by atoms with Crippen LogP contribution >= 0.6 is 0 Å². The first-order valence-corrected chi connectivity index (χ1v) is 9.21. The van der Waals surface area contributed by atoms with E-state index in [-0.39, 0.29) is 6.42 Å². The van der Waals surface area contributed by atoms with Crippen molar-refractivity contribution in [2.75, 3.05) is 19.1 Å². The standard InChI is InChI=1S/C23H20N4O3/c1-27(21-14-17(15-24)25-20-9-5-4-8-19(20)21)18-11-12-22(30-2)16(13-18)7-3-6-10-23(28)26-29/h4-5,8-9,11-14,29H,6,10H2,1-2H3,(H,26,28). The zero-order chi connectivity index (χ0) is 21.5. The number of ether oxygens (including phenoxy) is 1. The van der Waals surface area contributed by atoms with Crippen molar-refractivity contribution in [1.82, 2.24) is 10.5 Å². The van der Waals surface area contributed by atoms with Gasteiger partial charge in [0.05, 0.1) is 23.9 Å². The number of rotatable bonds is 5. The summed E-state index contributed by atoms with van der Waals surface area (Å²) in [4.78, 5) is 17.5. The molecule has 0 atom stereocenters. The van der Waals surface area contributed by atoms with E-state index >= 15 is 0 Å². The van der Waals surface area contributed by atoms with E-state index in [0.717, 1.165) is 22.3 Å². The Morgan fingerprint density at radius 3 is 2.80 bits per heavy atom. The number of nitriles is 1. The molecule has 0 aliphatic heterocycles. The number of methoxy groups -OCH3 is 1. The Hall–Kier alpha value is -4.07. The van der Waals surface area contributed by atoms with Gasteiger partial charge >= 0.3 is 0 Å². The smallest absolute Gasteiger partial charge is 0.244 e. The fraction of sp³-hybridized carbons (Fsp3) is 0.174. The number of hydrogen-bond donors (Lipinski definition) is 2. The first kappa shape index (κ1) is 20.7. The molecule has 2 N–H and O–H groups in total. The lowest BCUT2D eigenvalue weighted by Gasteiger charge is -2.22. The summed E-state index contributed by atoms with van der Waals surface area (Å²) >= 11 is 0. The highest BCUT2D eigenvalue weighted by molar-refractivity contribution is 5.94. The summed E-state index contributed by atoms with van der Waals surface area (Å²) in [6.45, 7) is 0. The number of nitrogens with zero attached hydrogens (tertiary/aromatic N) is 3. The predicted octanol–water partition coefficient (Wildman–Crippen LogP) is 3.52. The van der Waals surface area contributed by atoms with Crippen molar-refractivity contribution in [1.29, 1.82) is 5.26 Å². The van der Waals surface area contributed by atoms with Gasteiger partial charge < -0.3 is 9.64 Å². The Bertz CT molecular complexity index is 1190. The number of hydroxylamine groups is 1. The molecule has 3 aromatic rings. The zero-order valence-electron chi connectivity index (χ0n) is 16.6. The fourth-order valence-corrected chi connectivity index (χ4v) is 3.02. The Morgan fingerprint density at radius 2 is 2.07 bits per heavy atom. The van der Waals surface area contributed by atoms with Crippen LogP contribution in [0, 0.1) is 23.2 Å². The number of carbonyl (C=O) groups is 1. The first-order valence-electron chi connectivity index (χ1n) is 9.21. The van der Waals surface area contributed by atoms with E-state index in [1.54, 1.807) is 18.7 Å². The summed E-state index contributed by atoms with van der Waals surface area (Å²) < 4.78 is 5.40. The number of aromatic nitrogens is 1. The third-order valence-corrected chi connectivity index (χ3v) is 4.57. The van der Waals surface area contributed by atoms with Crippen LogP contribution in [0.4, 0.5) is 11.4 Å². The molecule has 0 saturated heterocycles. The maximum Gasteiger partial charge on any atom is 0.244 e. The highest BCUT2D eigenvalue weighted by atomic mass is 16.5. The number of hydrogen-bond acceptors (Lipinski definition) is 6. The summed E-state index contributed by atoms with van der Waals surface area (Å²) in [6.07, 6.45) is 0.404. The minimum atomic E-state index is -0.484. The molecule has 2 aromatic carbocycles. The van der Waals surface area contributed by atoms with Crippen LogP contribution in [0.3, 0.4) is 0 Å². The lowest BCUT2D eigenvalue weighted by atomic mass is 10.1. The van der Waals surface area contributed by atoms with E-state index in [1.807, 2.05) is 54.4 Å². The molecule has 0 aliphatic carbocycles. The van der Waals surface area contributed by atoms with Gasteiger partial charge in [0, 0.05) is 31.0 Å². The van der Waals surface area contributed by atoms with Gasteiger partial charge in [-0.3, -0.25) is 10.0 Å². The molecule has 1 heterocycles. The van der Waals surface area contributed by atoms with Crippen molar-refractivity contribution >= 4 is 28.2 Å². The van der Waals surface area contributed by atoms with Gasteiger partial charge in [-0.25, -0.2) is 10.5 Å². The van der Waals surface area contributed by atoms with Crippen LogP contribution in [-0.4, -0.2) is 30.3 Å². The van der Waals surface area contributed by atoms with E-state index in [4.69, 9.17) is 9.94 Å².